The second kappa shape index (κ2) is 25.4. The predicted molar refractivity (Wildman–Crippen MR) is 200 cm³/mol. The van der Waals surface area contributed by atoms with Crippen molar-refractivity contribution in [2.24, 2.45) is 0 Å². The summed E-state index contributed by atoms with van der Waals surface area (Å²) in [6.07, 6.45) is 8.28. The molecule has 0 bridgehead atoms. The minimum absolute atomic E-state index is 0.488. The number of rotatable bonds is 12. The topological polar surface area (TPSA) is 31.4 Å². The predicted octanol–water partition coefficient (Wildman–Crippen LogP) is 11.1. The van der Waals surface area contributed by atoms with E-state index < -0.39 is 30.3 Å². The average molecular weight is 845 g/mol. The van der Waals surface area contributed by atoms with Gasteiger partial charge in [-0.3, -0.25) is 0 Å². The molecule has 2 aliphatic rings. The number of nitrogens with zero attached hydrogens (tertiary/aromatic N) is 4. The molecule has 2 heterocycles. The van der Waals surface area contributed by atoms with Gasteiger partial charge in [-0.05, 0) is 45.9 Å². The van der Waals surface area contributed by atoms with Gasteiger partial charge in [-0.15, -0.1) is 0 Å². The first-order chi connectivity index (χ1) is 22.9. The van der Waals surface area contributed by atoms with Gasteiger partial charge >= 0.3 is 69.1 Å². The summed E-state index contributed by atoms with van der Waals surface area (Å²) in [6.45, 7) is 27.8. The molecule has 12 heteroatoms. The van der Waals surface area contributed by atoms with E-state index in [-0.39, 0.29) is 0 Å². The van der Waals surface area contributed by atoms with E-state index in [1.807, 2.05) is 9.80 Å². The summed E-state index contributed by atoms with van der Waals surface area (Å²) in [5.74, 6) is 1.95. The number of halogens is 4. The van der Waals surface area contributed by atoms with E-state index in [9.17, 15) is 0 Å². The number of para-hydroxylation sites is 2. The molecule has 0 atom stereocenters. The molecule has 4 rings (SSSR count). The van der Waals surface area contributed by atoms with Crippen LogP contribution in [0.4, 0.5) is 11.4 Å². The van der Waals surface area contributed by atoms with Crippen LogP contribution in [0.3, 0.4) is 0 Å². The summed E-state index contributed by atoms with van der Waals surface area (Å²) in [5, 5.41) is 0. The number of methoxy groups -OCH3 is 2. The van der Waals surface area contributed by atoms with Crippen molar-refractivity contribution in [3.8, 4) is 0 Å². The summed E-state index contributed by atoms with van der Waals surface area (Å²) in [7, 11) is 23.3. The fourth-order valence-electron chi connectivity index (χ4n) is 5.16. The van der Waals surface area contributed by atoms with Gasteiger partial charge in [-0.25, -0.2) is 0 Å². The second-order valence-electron chi connectivity index (χ2n) is 12.3. The van der Waals surface area contributed by atoms with Crippen LogP contribution in [0.15, 0.2) is 61.2 Å². The zero-order valence-electron chi connectivity index (χ0n) is 30.4. The summed E-state index contributed by atoms with van der Waals surface area (Å²) < 4.78 is 10.3. The van der Waals surface area contributed by atoms with Gasteiger partial charge in [0.05, 0.1) is 24.6 Å². The van der Waals surface area contributed by atoms with Crippen molar-refractivity contribution in [1.82, 2.24) is 9.80 Å². The number of benzene rings is 2. The molecule has 2 aromatic carbocycles. The molecular formula is C36H52Cl4N4O2Zn2. The van der Waals surface area contributed by atoms with Crippen LogP contribution < -0.4 is 9.80 Å². The Hall–Kier alpha value is -0.553. The van der Waals surface area contributed by atoms with Gasteiger partial charge in [0, 0.05) is 52.1 Å². The van der Waals surface area contributed by atoms with Crippen molar-refractivity contribution >= 4 is 50.1 Å². The summed E-state index contributed by atoms with van der Waals surface area (Å²) in [6, 6.07) is 13.2. The Kier molecular flexibility index (Phi) is 24.1. The third-order valence-electron chi connectivity index (χ3n) is 7.50. The van der Waals surface area contributed by atoms with E-state index in [1.54, 1.807) is 14.2 Å². The molecular weight excluding hydrogens is 793 g/mol. The zero-order chi connectivity index (χ0) is 36.2. The van der Waals surface area contributed by atoms with E-state index in [1.165, 1.54) is 33.6 Å². The van der Waals surface area contributed by atoms with Crippen LogP contribution >= 0.6 is 38.8 Å². The van der Waals surface area contributed by atoms with E-state index in [4.69, 9.17) is 48.2 Å². The first kappa shape index (κ1) is 45.5. The Bertz CT molecular complexity index is 1090. The molecule has 4 radical (unpaired) electrons. The summed E-state index contributed by atoms with van der Waals surface area (Å²) >= 11 is -1.86. The molecule has 0 saturated carbocycles. The molecule has 48 heavy (non-hydrogen) atoms. The fraction of sp³-hybridized carbons (Fsp3) is 0.500. The molecule has 0 amide bonds. The molecule has 0 aliphatic carbocycles. The number of ether oxygens (including phenoxy) is 2. The van der Waals surface area contributed by atoms with Gasteiger partial charge < -0.3 is 29.1 Å². The standard InChI is InChI=1S/2C18H26N2O.4ClH.2Zn/c2*1-14(2)16-7-6-8-17(15(3)4)18(16)20-10-9-19(13-20)11-12-21-5;;;;;;/h2*6-10,14-15H,11-12H2,1-5H3;4*1H;;/q;;;;;;2*+2/p-4. The fourth-order valence-corrected chi connectivity index (χ4v) is 5.16. The SMILES string of the molecule is COCCN1[C]N(c2c(C(C)C)cccc2C(C)C)C=C1.COCCN1[C]N(c2c(C(C)C)cccc2C(C)C)C=C1.[Cl][Zn][Cl].[Cl][Zn][Cl]. The summed E-state index contributed by atoms with van der Waals surface area (Å²) in [5.41, 5.74) is 8.02. The third kappa shape index (κ3) is 15.0. The molecule has 0 unspecified atom stereocenters. The van der Waals surface area contributed by atoms with Crippen molar-refractivity contribution in [3.63, 3.8) is 0 Å². The Balaban J connectivity index is 0.000000412. The van der Waals surface area contributed by atoms with Crippen LogP contribution in [0.5, 0.6) is 0 Å². The molecule has 2 aromatic rings. The van der Waals surface area contributed by atoms with E-state index >= 15 is 0 Å². The third-order valence-corrected chi connectivity index (χ3v) is 7.50. The van der Waals surface area contributed by atoms with Crippen LogP contribution in [-0.4, -0.2) is 50.3 Å². The van der Waals surface area contributed by atoms with Gasteiger partial charge in [-0.2, -0.15) is 0 Å². The molecule has 0 spiro atoms. The normalized spacial score (nSPS) is 13.4. The molecule has 0 saturated heterocycles. The minimum atomic E-state index is -0.931. The Morgan fingerprint density at radius 1 is 0.542 bits per heavy atom. The van der Waals surface area contributed by atoms with Crippen molar-refractivity contribution < 1.29 is 39.8 Å². The second-order valence-corrected chi connectivity index (χ2v) is 21.5. The van der Waals surface area contributed by atoms with Gasteiger partial charge in [0.1, 0.15) is 0 Å². The van der Waals surface area contributed by atoms with Crippen molar-refractivity contribution in [2.75, 3.05) is 50.3 Å². The quantitative estimate of drug-likeness (QED) is 0.198. The maximum atomic E-state index is 5.13. The van der Waals surface area contributed by atoms with E-state index in [2.05, 4.69) is 140 Å². The van der Waals surface area contributed by atoms with E-state index in [0.717, 1.165) is 13.1 Å². The first-order valence-electron chi connectivity index (χ1n) is 16.4. The molecule has 0 fully saturated rings. The Morgan fingerprint density at radius 2 is 0.812 bits per heavy atom. The zero-order valence-corrected chi connectivity index (χ0v) is 39.4. The van der Waals surface area contributed by atoms with Gasteiger partial charge in [0.25, 0.3) is 0 Å². The van der Waals surface area contributed by atoms with E-state index in [0.29, 0.717) is 36.9 Å². The Morgan fingerprint density at radius 3 is 1.04 bits per heavy atom. The van der Waals surface area contributed by atoms with Crippen LogP contribution in [0.2, 0.25) is 0 Å². The van der Waals surface area contributed by atoms with Gasteiger partial charge in [-0.1, -0.05) is 91.8 Å². The monoisotopic (exact) mass is 840 g/mol. The number of hydrogen-bond acceptors (Lipinski definition) is 6. The summed E-state index contributed by atoms with van der Waals surface area (Å²) in [4.78, 5) is 8.34. The number of hydrogen-bond donors (Lipinski definition) is 0. The maximum absolute atomic E-state index is 5.13. The van der Waals surface area contributed by atoms with Crippen LogP contribution in [0.25, 0.3) is 0 Å². The molecule has 6 nitrogen and oxygen atoms in total. The average Bonchev–Trinajstić information content (AvgIpc) is 3.73. The molecule has 260 valence electrons. The molecule has 0 aromatic heterocycles. The van der Waals surface area contributed by atoms with Crippen molar-refractivity contribution in [2.45, 2.75) is 79.1 Å². The molecule has 0 N–H and O–H groups in total. The van der Waals surface area contributed by atoms with Gasteiger partial charge in [0.2, 0.25) is 13.3 Å². The van der Waals surface area contributed by atoms with Crippen LogP contribution in [-0.2, 0) is 39.8 Å². The first-order valence-corrected chi connectivity index (χ1v) is 32.0. The van der Waals surface area contributed by atoms with Crippen LogP contribution in [0, 0.1) is 13.3 Å². The van der Waals surface area contributed by atoms with Crippen molar-refractivity contribution in [1.29, 1.82) is 0 Å². The van der Waals surface area contributed by atoms with Crippen molar-refractivity contribution in [3.05, 3.63) is 96.8 Å². The Labute approximate surface area is 323 Å². The van der Waals surface area contributed by atoms with Crippen LogP contribution in [0.1, 0.15) is 101 Å². The number of anilines is 2. The molecule has 2 aliphatic heterocycles. The van der Waals surface area contributed by atoms with Gasteiger partial charge in [0.15, 0.2) is 0 Å².